The highest BCUT2D eigenvalue weighted by Gasteiger charge is 2.69. The molecule has 11 heteroatoms. The second-order valence-electron chi connectivity index (χ2n) is 22.0. The largest absolute Gasteiger partial charge is 0.393 e. The van der Waals surface area contributed by atoms with Crippen molar-refractivity contribution in [1.82, 2.24) is 9.62 Å². The molecule has 0 unspecified atom stereocenters. The van der Waals surface area contributed by atoms with Crippen LogP contribution < -0.4 is 5.32 Å². The van der Waals surface area contributed by atoms with Gasteiger partial charge in [0.05, 0.1) is 33.5 Å². The lowest BCUT2D eigenvalue weighted by atomic mass is 9.33. The third-order valence-corrected chi connectivity index (χ3v) is 20.0. The SMILES string of the molecule is CC(C)CN(C[C@@H](O)[C@H](Cc1ccccc1)NC(=O)[C@]12CC[C@@H](C)[C@H](C)[C@H]1C1=CC[C@@H]3[C@@]4(C)CC[C@H](O)C(C)(C)[C@@H]4CC[C@@]3(C)[C@]1(C)CC2)S(=O)(=O)c1ccc([N+](=O)[O-])cc1. The molecule has 2 aromatic rings. The van der Waals surface area contributed by atoms with E-state index in [2.05, 4.69) is 59.9 Å². The van der Waals surface area contributed by atoms with Crippen molar-refractivity contribution in [2.75, 3.05) is 13.1 Å². The first kappa shape index (κ1) is 45.9. The summed E-state index contributed by atoms with van der Waals surface area (Å²) >= 11 is 0. The van der Waals surface area contributed by atoms with Crippen LogP contribution >= 0.6 is 0 Å². The predicted octanol–water partition coefficient (Wildman–Crippen LogP) is 9.35. The molecule has 0 radical (unpaired) electrons. The van der Waals surface area contributed by atoms with Gasteiger partial charge in [-0.3, -0.25) is 14.9 Å². The van der Waals surface area contributed by atoms with E-state index in [9.17, 15) is 28.7 Å². The number of hydrogen-bond donors (Lipinski definition) is 3. The Balaban J connectivity index is 1.22. The van der Waals surface area contributed by atoms with E-state index in [1.807, 2.05) is 44.2 Å². The molecule has 336 valence electrons. The summed E-state index contributed by atoms with van der Waals surface area (Å²) in [5, 5.41) is 38.2. The maximum atomic E-state index is 15.5. The van der Waals surface area contributed by atoms with Crippen LogP contribution in [0.3, 0.4) is 0 Å². The molecule has 0 bridgehead atoms. The Hall–Kier alpha value is -3.12. The minimum Gasteiger partial charge on any atom is -0.393 e. The summed E-state index contributed by atoms with van der Waals surface area (Å²) in [6.07, 6.45) is 9.81. The van der Waals surface area contributed by atoms with Gasteiger partial charge in [0, 0.05) is 25.2 Å². The van der Waals surface area contributed by atoms with Crippen LogP contribution in [-0.2, 0) is 21.2 Å². The minimum atomic E-state index is -4.16. The van der Waals surface area contributed by atoms with Gasteiger partial charge in [-0.2, -0.15) is 4.31 Å². The normalized spacial score (nSPS) is 36.7. The summed E-state index contributed by atoms with van der Waals surface area (Å²) in [5.41, 5.74) is 1.45. The molecule has 0 aromatic heterocycles. The lowest BCUT2D eigenvalue weighted by Crippen LogP contribution is -2.66. The van der Waals surface area contributed by atoms with E-state index < -0.39 is 32.5 Å². The minimum absolute atomic E-state index is 0.0393. The van der Waals surface area contributed by atoms with Crippen LogP contribution in [0.4, 0.5) is 5.69 Å². The zero-order chi connectivity index (χ0) is 44.5. The van der Waals surface area contributed by atoms with E-state index in [0.717, 1.165) is 63.4 Å². The molecule has 2 aromatic carbocycles. The highest BCUT2D eigenvalue weighted by molar-refractivity contribution is 7.89. The van der Waals surface area contributed by atoms with Crippen molar-refractivity contribution >= 4 is 21.6 Å². The molecule has 0 spiro atoms. The number of nitrogens with zero attached hydrogens (tertiary/aromatic N) is 2. The van der Waals surface area contributed by atoms with Crippen molar-refractivity contribution < 1.29 is 28.3 Å². The molecule has 12 atom stereocenters. The Kier molecular flexibility index (Phi) is 12.4. The fraction of sp³-hybridized carbons (Fsp3) is 0.700. The molecule has 3 N–H and O–H groups in total. The van der Waals surface area contributed by atoms with E-state index in [0.29, 0.717) is 24.2 Å². The van der Waals surface area contributed by atoms with Crippen LogP contribution in [0.2, 0.25) is 0 Å². The molecule has 5 aliphatic carbocycles. The topological polar surface area (TPSA) is 150 Å². The summed E-state index contributed by atoms with van der Waals surface area (Å²) in [6.45, 7) is 20.5. The fourth-order valence-electron chi connectivity index (χ4n) is 14.2. The average molecular weight is 860 g/mol. The number of amides is 1. The Morgan fingerprint density at radius 1 is 0.902 bits per heavy atom. The molecule has 4 saturated carbocycles. The zero-order valence-corrected chi connectivity index (χ0v) is 39.0. The van der Waals surface area contributed by atoms with Gasteiger partial charge in [-0.05, 0) is 139 Å². The first-order chi connectivity index (χ1) is 28.5. The third kappa shape index (κ3) is 7.63. The summed E-state index contributed by atoms with van der Waals surface area (Å²) < 4.78 is 29.6. The third-order valence-electron chi connectivity index (χ3n) is 18.1. The maximum Gasteiger partial charge on any atom is 0.269 e. The smallest absolute Gasteiger partial charge is 0.269 e. The maximum absolute atomic E-state index is 15.5. The summed E-state index contributed by atoms with van der Waals surface area (Å²) in [6, 6.07) is 13.8. The van der Waals surface area contributed by atoms with Crippen LogP contribution in [0.25, 0.3) is 0 Å². The van der Waals surface area contributed by atoms with Crippen molar-refractivity contribution in [2.24, 2.45) is 62.6 Å². The lowest BCUT2D eigenvalue weighted by Gasteiger charge is -2.71. The molecule has 0 saturated heterocycles. The fourth-order valence-corrected chi connectivity index (χ4v) is 15.9. The Morgan fingerprint density at radius 3 is 2.21 bits per heavy atom. The molecular formula is C50H73N3O7S. The van der Waals surface area contributed by atoms with Crippen molar-refractivity contribution in [3.8, 4) is 0 Å². The highest BCUT2D eigenvalue weighted by Crippen LogP contribution is 2.75. The number of sulfonamides is 1. The number of fused-ring (bicyclic) bond motifs is 7. The van der Waals surface area contributed by atoms with E-state index in [1.54, 1.807) is 0 Å². The van der Waals surface area contributed by atoms with Crippen LogP contribution in [0.1, 0.15) is 126 Å². The molecule has 1 amide bonds. The van der Waals surface area contributed by atoms with Gasteiger partial charge >= 0.3 is 0 Å². The number of benzene rings is 2. The number of aliphatic hydroxyl groups excluding tert-OH is 2. The number of carbonyl (C=O) groups excluding carboxylic acids is 1. The van der Waals surface area contributed by atoms with Gasteiger partial charge in [0.15, 0.2) is 0 Å². The number of non-ortho nitro benzene ring substituents is 1. The van der Waals surface area contributed by atoms with Gasteiger partial charge in [0.2, 0.25) is 15.9 Å². The summed E-state index contributed by atoms with van der Waals surface area (Å²) in [7, 11) is -4.16. The van der Waals surface area contributed by atoms with Gasteiger partial charge in [-0.25, -0.2) is 8.42 Å². The van der Waals surface area contributed by atoms with Crippen molar-refractivity contribution in [1.29, 1.82) is 0 Å². The molecule has 7 rings (SSSR count). The standard InChI is InChI=1S/C50H73N3O7S/c1-32(2)30-52(61(59,60)37-17-15-36(16-18-37)53(57)58)31-40(54)39(29-35-13-11-10-12-14-35)51-45(56)50-26-21-33(3)34(4)44(50)38-19-20-42-47(7)24-23-43(55)46(5,6)41(47)22-25-49(42,9)48(38,8)27-28-50/h10-19,32-34,39-44,54-55H,20-31H2,1-9H3,(H,51,56)/t33-,34+,39+,40-,41+,42-,43+,44+,47+,48-,49-,50+/m1/s1. The predicted molar refractivity (Wildman–Crippen MR) is 240 cm³/mol. The molecule has 0 heterocycles. The molecule has 4 fully saturated rings. The van der Waals surface area contributed by atoms with Crippen LogP contribution in [-0.4, -0.2) is 65.1 Å². The zero-order valence-electron chi connectivity index (χ0n) is 38.2. The Bertz CT molecular complexity index is 2090. The van der Waals surface area contributed by atoms with Crippen molar-refractivity contribution in [3.63, 3.8) is 0 Å². The van der Waals surface area contributed by atoms with Crippen molar-refractivity contribution in [2.45, 2.75) is 150 Å². The van der Waals surface area contributed by atoms with Gasteiger partial charge in [0.25, 0.3) is 5.69 Å². The van der Waals surface area contributed by atoms with Crippen LogP contribution in [0, 0.1) is 72.7 Å². The Labute approximate surface area is 365 Å². The highest BCUT2D eigenvalue weighted by atomic mass is 32.2. The van der Waals surface area contributed by atoms with E-state index >= 15 is 4.79 Å². The monoisotopic (exact) mass is 860 g/mol. The van der Waals surface area contributed by atoms with Gasteiger partial charge in [-0.15, -0.1) is 0 Å². The van der Waals surface area contributed by atoms with Gasteiger partial charge in [-0.1, -0.05) is 104 Å². The van der Waals surface area contributed by atoms with Gasteiger partial charge < -0.3 is 15.5 Å². The first-order valence-corrected chi connectivity index (χ1v) is 24.6. The van der Waals surface area contributed by atoms with Crippen molar-refractivity contribution in [3.05, 3.63) is 81.9 Å². The quantitative estimate of drug-likeness (QED) is 0.109. The number of carbonyl (C=O) groups is 1. The number of hydrogen-bond acceptors (Lipinski definition) is 7. The molecule has 61 heavy (non-hydrogen) atoms. The number of nitro groups is 1. The molecule has 5 aliphatic rings. The first-order valence-electron chi connectivity index (χ1n) is 23.2. The van der Waals surface area contributed by atoms with E-state index in [1.165, 1.54) is 34.1 Å². The second-order valence-corrected chi connectivity index (χ2v) is 23.9. The second kappa shape index (κ2) is 16.5. The molecule has 0 aliphatic heterocycles. The molecular weight excluding hydrogens is 787 g/mol. The number of nitro benzene ring substituents is 1. The molecule has 10 nitrogen and oxygen atoms in total. The Morgan fingerprint density at radius 2 is 1.57 bits per heavy atom. The lowest BCUT2D eigenvalue weighted by molar-refractivity contribution is -0.384. The number of rotatable bonds is 12. The number of aliphatic hydroxyl groups is 2. The number of nitrogens with one attached hydrogen (secondary N) is 1. The summed E-state index contributed by atoms with van der Waals surface area (Å²) in [4.78, 5) is 26.2. The van der Waals surface area contributed by atoms with Crippen LogP contribution in [0.15, 0.2) is 71.1 Å². The van der Waals surface area contributed by atoms with E-state index in [-0.39, 0.29) is 75.1 Å². The number of allylic oxidation sites excluding steroid dienone is 2. The van der Waals surface area contributed by atoms with E-state index in [4.69, 9.17) is 0 Å². The van der Waals surface area contributed by atoms with Gasteiger partial charge in [0.1, 0.15) is 0 Å². The average Bonchev–Trinajstić information content (AvgIpc) is 3.20. The summed E-state index contributed by atoms with van der Waals surface area (Å²) in [5.74, 6) is 1.56. The van der Waals surface area contributed by atoms with Crippen LogP contribution in [0.5, 0.6) is 0 Å².